The standard InChI is InChI=1S/C14H24N2/c1-5-6-7-8-16(4)14-10-12(3)11(2)9-13(14)15/h9-10H,5-8,15H2,1-4H3. The lowest BCUT2D eigenvalue weighted by Gasteiger charge is -2.22. The molecule has 1 aromatic carbocycles. The second-order valence-electron chi connectivity index (χ2n) is 4.62. The van der Waals surface area contributed by atoms with E-state index < -0.39 is 0 Å². The second kappa shape index (κ2) is 5.78. The summed E-state index contributed by atoms with van der Waals surface area (Å²) in [4.78, 5) is 2.26. The van der Waals surface area contributed by atoms with Gasteiger partial charge in [-0.05, 0) is 43.5 Å². The Hall–Kier alpha value is -1.18. The minimum Gasteiger partial charge on any atom is -0.397 e. The second-order valence-corrected chi connectivity index (χ2v) is 4.62. The van der Waals surface area contributed by atoms with Crippen LogP contribution in [0.1, 0.15) is 37.3 Å². The molecule has 0 fully saturated rings. The van der Waals surface area contributed by atoms with Gasteiger partial charge in [0.2, 0.25) is 0 Å². The molecule has 0 spiro atoms. The largest absolute Gasteiger partial charge is 0.397 e. The molecule has 0 saturated heterocycles. The first-order valence-corrected chi connectivity index (χ1v) is 6.14. The predicted octanol–water partition coefficient (Wildman–Crippen LogP) is 3.51. The van der Waals surface area contributed by atoms with Crippen LogP contribution < -0.4 is 10.6 Å². The maximum atomic E-state index is 6.05. The van der Waals surface area contributed by atoms with Crippen LogP contribution in [0.5, 0.6) is 0 Å². The SMILES string of the molecule is CCCCCN(C)c1cc(C)c(C)cc1N. The molecule has 0 atom stereocenters. The van der Waals surface area contributed by atoms with Crippen molar-refractivity contribution in [2.24, 2.45) is 0 Å². The minimum atomic E-state index is 0.891. The molecule has 0 amide bonds. The van der Waals surface area contributed by atoms with E-state index in [1.54, 1.807) is 0 Å². The fourth-order valence-corrected chi connectivity index (χ4v) is 1.87. The first kappa shape index (κ1) is 12.9. The number of hydrogen-bond acceptors (Lipinski definition) is 2. The van der Waals surface area contributed by atoms with E-state index in [1.165, 1.54) is 36.1 Å². The summed E-state index contributed by atoms with van der Waals surface area (Å²) < 4.78 is 0. The van der Waals surface area contributed by atoms with Crippen LogP contribution >= 0.6 is 0 Å². The first-order valence-electron chi connectivity index (χ1n) is 6.14. The lowest BCUT2D eigenvalue weighted by Crippen LogP contribution is -2.20. The molecular weight excluding hydrogens is 196 g/mol. The number of benzene rings is 1. The Morgan fingerprint density at radius 1 is 1.12 bits per heavy atom. The number of nitrogens with zero attached hydrogens (tertiary/aromatic N) is 1. The monoisotopic (exact) mass is 220 g/mol. The average Bonchev–Trinajstić information content (AvgIpc) is 2.23. The number of anilines is 2. The van der Waals surface area contributed by atoms with E-state index in [-0.39, 0.29) is 0 Å². The molecule has 0 radical (unpaired) electrons. The third-order valence-electron chi connectivity index (χ3n) is 3.15. The van der Waals surface area contributed by atoms with Crippen molar-refractivity contribution in [3.05, 3.63) is 23.3 Å². The molecule has 0 aromatic heterocycles. The van der Waals surface area contributed by atoms with Gasteiger partial charge in [0, 0.05) is 13.6 Å². The van der Waals surface area contributed by atoms with Crippen LogP contribution in [-0.2, 0) is 0 Å². The molecule has 0 bridgehead atoms. The van der Waals surface area contributed by atoms with Gasteiger partial charge in [-0.15, -0.1) is 0 Å². The Morgan fingerprint density at radius 3 is 2.38 bits per heavy atom. The van der Waals surface area contributed by atoms with Gasteiger partial charge < -0.3 is 10.6 Å². The van der Waals surface area contributed by atoms with Crippen molar-refractivity contribution in [3.63, 3.8) is 0 Å². The fraction of sp³-hybridized carbons (Fsp3) is 0.571. The van der Waals surface area contributed by atoms with Gasteiger partial charge in [0.1, 0.15) is 0 Å². The van der Waals surface area contributed by atoms with Crippen molar-refractivity contribution in [1.29, 1.82) is 0 Å². The third-order valence-corrected chi connectivity index (χ3v) is 3.15. The van der Waals surface area contributed by atoms with Crippen molar-refractivity contribution >= 4 is 11.4 Å². The van der Waals surface area contributed by atoms with Gasteiger partial charge in [-0.1, -0.05) is 19.8 Å². The topological polar surface area (TPSA) is 29.3 Å². The summed E-state index contributed by atoms with van der Waals surface area (Å²) in [5.41, 5.74) is 10.7. The molecule has 0 aliphatic heterocycles. The van der Waals surface area contributed by atoms with Crippen LogP contribution in [0.2, 0.25) is 0 Å². The molecule has 2 nitrogen and oxygen atoms in total. The van der Waals surface area contributed by atoms with E-state index >= 15 is 0 Å². The average molecular weight is 220 g/mol. The zero-order valence-corrected chi connectivity index (χ0v) is 11.0. The highest BCUT2D eigenvalue weighted by molar-refractivity contribution is 5.69. The predicted molar refractivity (Wildman–Crippen MR) is 73.1 cm³/mol. The number of rotatable bonds is 5. The van der Waals surface area contributed by atoms with E-state index in [4.69, 9.17) is 5.73 Å². The van der Waals surface area contributed by atoms with Crippen LogP contribution in [0.4, 0.5) is 11.4 Å². The van der Waals surface area contributed by atoms with Crippen molar-refractivity contribution in [3.8, 4) is 0 Å². The van der Waals surface area contributed by atoms with Crippen LogP contribution in [0.25, 0.3) is 0 Å². The summed E-state index contributed by atoms with van der Waals surface area (Å²) >= 11 is 0. The summed E-state index contributed by atoms with van der Waals surface area (Å²) in [5, 5.41) is 0. The Kier molecular flexibility index (Phi) is 4.66. The number of unbranched alkanes of at least 4 members (excludes halogenated alkanes) is 2. The molecule has 0 unspecified atom stereocenters. The molecule has 0 aliphatic carbocycles. The molecule has 16 heavy (non-hydrogen) atoms. The smallest absolute Gasteiger partial charge is 0.0600 e. The maximum absolute atomic E-state index is 6.05. The molecule has 2 heteroatoms. The maximum Gasteiger partial charge on any atom is 0.0600 e. The lowest BCUT2D eigenvalue weighted by molar-refractivity contribution is 0.705. The van der Waals surface area contributed by atoms with Gasteiger partial charge in [-0.3, -0.25) is 0 Å². The highest BCUT2D eigenvalue weighted by Gasteiger charge is 2.06. The summed E-state index contributed by atoms with van der Waals surface area (Å²) in [6, 6.07) is 4.26. The summed E-state index contributed by atoms with van der Waals surface area (Å²) in [6.07, 6.45) is 3.78. The van der Waals surface area contributed by atoms with Crippen molar-refractivity contribution in [1.82, 2.24) is 0 Å². The normalized spacial score (nSPS) is 10.5. The van der Waals surface area contributed by atoms with Crippen LogP contribution in [-0.4, -0.2) is 13.6 Å². The van der Waals surface area contributed by atoms with Crippen LogP contribution in [0, 0.1) is 13.8 Å². The molecular formula is C14H24N2. The molecule has 1 aromatic rings. The minimum absolute atomic E-state index is 0.891. The van der Waals surface area contributed by atoms with Gasteiger partial charge >= 0.3 is 0 Å². The summed E-state index contributed by atoms with van der Waals surface area (Å²) in [5.74, 6) is 0. The zero-order valence-electron chi connectivity index (χ0n) is 11.0. The van der Waals surface area contributed by atoms with Gasteiger partial charge in [-0.2, -0.15) is 0 Å². The molecule has 0 heterocycles. The van der Waals surface area contributed by atoms with Gasteiger partial charge in [-0.25, -0.2) is 0 Å². The Balaban J connectivity index is 2.75. The Bertz CT molecular complexity index is 345. The Morgan fingerprint density at radius 2 is 1.75 bits per heavy atom. The van der Waals surface area contributed by atoms with Gasteiger partial charge in [0.05, 0.1) is 11.4 Å². The van der Waals surface area contributed by atoms with E-state index in [1.807, 2.05) is 0 Å². The van der Waals surface area contributed by atoms with Crippen molar-refractivity contribution in [2.45, 2.75) is 40.0 Å². The summed E-state index contributed by atoms with van der Waals surface area (Å²) in [7, 11) is 2.12. The number of aryl methyl sites for hydroxylation is 2. The van der Waals surface area contributed by atoms with Gasteiger partial charge in [0.25, 0.3) is 0 Å². The molecule has 2 N–H and O–H groups in total. The number of hydrogen-bond donors (Lipinski definition) is 1. The summed E-state index contributed by atoms with van der Waals surface area (Å²) in [6.45, 7) is 7.55. The van der Waals surface area contributed by atoms with E-state index in [0.717, 1.165) is 12.2 Å². The molecule has 0 saturated carbocycles. The number of nitrogens with two attached hydrogens (primary N) is 1. The fourth-order valence-electron chi connectivity index (χ4n) is 1.87. The van der Waals surface area contributed by atoms with E-state index in [0.29, 0.717) is 0 Å². The van der Waals surface area contributed by atoms with Crippen molar-refractivity contribution < 1.29 is 0 Å². The van der Waals surface area contributed by atoms with Gasteiger partial charge in [0.15, 0.2) is 0 Å². The molecule has 1 rings (SSSR count). The molecule has 90 valence electrons. The highest BCUT2D eigenvalue weighted by atomic mass is 15.1. The lowest BCUT2D eigenvalue weighted by atomic mass is 10.1. The van der Waals surface area contributed by atoms with Crippen molar-refractivity contribution in [2.75, 3.05) is 24.2 Å². The quantitative estimate of drug-likeness (QED) is 0.608. The third kappa shape index (κ3) is 3.16. The molecule has 0 aliphatic rings. The van der Waals surface area contributed by atoms with E-state index in [9.17, 15) is 0 Å². The number of nitrogen functional groups attached to an aromatic ring is 1. The van der Waals surface area contributed by atoms with E-state index in [2.05, 4.69) is 44.9 Å². The highest BCUT2D eigenvalue weighted by Crippen LogP contribution is 2.26. The Labute approximate surface area is 99.5 Å². The van der Waals surface area contributed by atoms with Crippen LogP contribution in [0.15, 0.2) is 12.1 Å². The van der Waals surface area contributed by atoms with Crippen LogP contribution in [0.3, 0.4) is 0 Å². The first-order chi connectivity index (χ1) is 7.56. The zero-order chi connectivity index (χ0) is 12.1.